The molecule has 1 aromatic carbocycles. The maximum Gasteiger partial charge on any atom is 0.259 e. The first kappa shape index (κ1) is 26.9. The fourth-order valence-corrected chi connectivity index (χ4v) is 6.38. The summed E-state index contributed by atoms with van der Waals surface area (Å²) in [6, 6.07) is 6.20. The van der Waals surface area contributed by atoms with Gasteiger partial charge in [0.05, 0.1) is 35.8 Å². The van der Waals surface area contributed by atoms with Crippen molar-refractivity contribution in [3.63, 3.8) is 0 Å². The van der Waals surface area contributed by atoms with Crippen molar-refractivity contribution in [1.29, 1.82) is 0 Å². The molecule has 40 heavy (non-hydrogen) atoms. The molecular formula is C29H33BrN6O4. The van der Waals surface area contributed by atoms with Crippen LogP contribution in [0.3, 0.4) is 0 Å². The van der Waals surface area contributed by atoms with Crippen LogP contribution >= 0.6 is 15.9 Å². The summed E-state index contributed by atoms with van der Waals surface area (Å²) in [5, 5.41) is 5.99. The van der Waals surface area contributed by atoms with Gasteiger partial charge in [0.2, 0.25) is 5.88 Å². The van der Waals surface area contributed by atoms with Crippen molar-refractivity contribution in [1.82, 2.24) is 29.5 Å². The van der Waals surface area contributed by atoms with Gasteiger partial charge in [-0.2, -0.15) is 5.10 Å². The van der Waals surface area contributed by atoms with Crippen molar-refractivity contribution in [3.8, 4) is 5.88 Å². The molecule has 1 amide bonds. The molecule has 210 valence electrons. The predicted molar refractivity (Wildman–Crippen MR) is 156 cm³/mol. The molecule has 0 spiro atoms. The van der Waals surface area contributed by atoms with Crippen molar-refractivity contribution in [2.24, 2.45) is 0 Å². The Bertz CT molecular complexity index is 1640. The molecule has 2 aliphatic heterocycles. The highest BCUT2D eigenvalue weighted by Crippen LogP contribution is 2.31. The third-order valence-corrected chi connectivity index (χ3v) is 8.62. The lowest BCUT2D eigenvalue weighted by Gasteiger charge is -2.40. The number of rotatable bonds is 5. The van der Waals surface area contributed by atoms with Crippen LogP contribution in [0.25, 0.3) is 21.8 Å². The van der Waals surface area contributed by atoms with Crippen LogP contribution in [-0.2, 0) is 11.3 Å². The molecule has 6 rings (SSSR count). The first-order valence-electron chi connectivity index (χ1n) is 13.7. The Morgan fingerprint density at radius 3 is 2.73 bits per heavy atom. The van der Waals surface area contributed by atoms with Gasteiger partial charge < -0.3 is 19.4 Å². The van der Waals surface area contributed by atoms with E-state index < -0.39 is 0 Å². The summed E-state index contributed by atoms with van der Waals surface area (Å²) in [6.07, 6.45) is 5.05. The Morgan fingerprint density at radius 2 is 1.98 bits per heavy atom. The second-order valence-electron chi connectivity index (χ2n) is 10.8. The number of H-pyrrole nitrogens is 1. The summed E-state index contributed by atoms with van der Waals surface area (Å²) in [4.78, 5) is 38.5. The van der Waals surface area contributed by atoms with E-state index in [0.717, 1.165) is 51.4 Å². The van der Waals surface area contributed by atoms with Crippen LogP contribution in [0.5, 0.6) is 5.88 Å². The minimum atomic E-state index is -0.165. The molecule has 2 fully saturated rings. The molecule has 2 aliphatic rings. The minimum absolute atomic E-state index is 0.00378. The Morgan fingerprint density at radius 1 is 1.18 bits per heavy atom. The van der Waals surface area contributed by atoms with E-state index in [4.69, 9.17) is 9.47 Å². The topological polar surface area (TPSA) is 106 Å². The van der Waals surface area contributed by atoms with E-state index in [1.54, 1.807) is 19.5 Å². The van der Waals surface area contributed by atoms with Crippen molar-refractivity contribution < 1.29 is 14.3 Å². The number of aromatic amines is 1. The second kappa shape index (κ2) is 10.9. The number of ether oxygens (including phenoxy) is 2. The van der Waals surface area contributed by atoms with Gasteiger partial charge in [0.15, 0.2) is 0 Å². The zero-order valence-corrected chi connectivity index (χ0v) is 24.5. The van der Waals surface area contributed by atoms with Crippen LogP contribution in [0.15, 0.2) is 39.9 Å². The Balaban J connectivity index is 1.29. The highest BCUT2D eigenvalue weighted by Gasteiger charge is 2.29. The molecule has 3 aromatic heterocycles. The lowest BCUT2D eigenvalue weighted by Crippen LogP contribution is -2.53. The summed E-state index contributed by atoms with van der Waals surface area (Å²) in [5.74, 6) is 0.620. The predicted octanol–water partition coefficient (Wildman–Crippen LogP) is 4.05. The van der Waals surface area contributed by atoms with Gasteiger partial charge in [-0.05, 0) is 66.4 Å². The van der Waals surface area contributed by atoms with E-state index >= 15 is 0 Å². The number of nitrogens with one attached hydrogen (secondary N) is 1. The molecule has 0 bridgehead atoms. The lowest BCUT2D eigenvalue weighted by molar-refractivity contribution is 0.0492. The number of aromatic nitrogens is 4. The Kier molecular flexibility index (Phi) is 7.37. The maximum atomic E-state index is 13.9. The van der Waals surface area contributed by atoms with Crippen LogP contribution in [0.2, 0.25) is 0 Å². The first-order valence-corrected chi connectivity index (χ1v) is 14.5. The quantitative estimate of drug-likeness (QED) is 0.364. The number of methoxy groups -OCH3 is 1. The number of halogens is 1. The Hall–Kier alpha value is -3.28. The number of hydrogen-bond donors (Lipinski definition) is 1. The van der Waals surface area contributed by atoms with Crippen molar-refractivity contribution in [3.05, 3.63) is 62.1 Å². The smallest absolute Gasteiger partial charge is 0.259 e. The average Bonchev–Trinajstić information content (AvgIpc) is 3.40. The molecule has 4 aromatic rings. The van der Waals surface area contributed by atoms with E-state index in [-0.39, 0.29) is 23.6 Å². The van der Waals surface area contributed by atoms with Gasteiger partial charge in [0.25, 0.3) is 11.5 Å². The number of carbonyl (C=O) groups is 1. The van der Waals surface area contributed by atoms with Gasteiger partial charge in [-0.3, -0.25) is 19.2 Å². The number of benzene rings is 1. The highest BCUT2D eigenvalue weighted by molar-refractivity contribution is 9.10. The number of nitrogens with zero attached hydrogens (tertiary/aromatic N) is 5. The lowest BCUT2D eigenvalue weighted by atomic mass is 10.0. The second-order valence-corrected chi connectivity index (χ2v) is 11.7. The van der Waals surface area contributed by atoms with Crippen molar-refractivity contribution in [2.75, 3.05) is 40.0 Å². The van der Waals surface area contributed by atoms with E-state index in [1.807, 2.05) is 34.7 Å². The summed E-state index contributed by atoms with van der Waals surface area (Å²) in [7, 11) is 1.63. The van der Waals surface area contributed by atoms with Crippen molar-refractivity contribution >= 4 is 43.6 Å². The van der Waals surface area contributed by atoms with E-state index in [9.17, 15) is 9.59 Å². The summed E-state index contributed by atoms with van der Waals surface area (Å²) in [5.41, 5.74) is 3.84. The first-order chi connectivity index (χ1) is 19.3. The fourth-order valence-electron chi connectivity index (χ4n) is 6.00. The third kappa shape index (κ3) is 4.90. The highest BCUT2D eigenvalue weighted by atomic mass is 79.9. The van der Waals surface area contributed by atoms with Gasteiger partial charge in [0.1, 0.15) is 0 Å². The monoisotopic (exact) mass is 608 g/mol. The van der Waals surface area contributed by atoms with E-state index in [0.29, 0.717) is 49.7 Å². The molecule has 11 heteroatoms. The van der Waals surface area contributed by atoms with Gasteiger partial charge in [0, 0.05) is 72.6 Å². The molecular weight excluding hydrogens is 576 g/mol. The van der Waals surface area contributed by atoms with Gasteiger partial charge in [-0.1, -0.05) is 0 Å². The Labute approximate surface area is 240 Å². The summed E-state index contributed by atoms with van der Waals surface area (Å²) in [6.45, 7) is 8.07. The molecule has 1 N–H and O–H groups in total. The summed E-state index contributed by atoms with van der Waals surface area (Å²) >= 11 is 3.51. The number of piperazine rings is 1. The largest absolute Gasteiger partial charge is 0.481 e. The molecule has 5 heterocycles. The molecule has 0 radical (unpaired) electrons. The number of pyridine rings is 2. The number of amides is 1. The SMILES string of the molecule is COc1ncc(Br)cc1CN1CCN(C(=O)c2cc3c(cc2C)[nH]c(=O)c2cnn(C4CCOCC4)c23)C[C@@H]1C. The molecule has 0 saturated carbocycles. The molecule has 0 unspecified atom stereocenters. The number of aryl methyl sites for hydroxylation is 1. The van der Waals surface area contributed by atoms with E-state index in [1.165, 1.54) is 0 Å². The van der Waals surface area contributed by atoms with Crippen LogP contribution in [0.4, 0.5) is 0 Å². The van der Waals surface area contributed by atoms with Crippen LogP contribution in [0, 0.1) is 6.92 Å². The average molecular weight is 610 g/mol. The number of carbonyl (C=O) groups excluding carboxylic acids is 1. The maximum absolute atomic E-state index is 13.9. The van der Waals surface area contributed by atoms with Gasteiger partial charge >= 0.3 is 0 Å². The molecule has 2 saturated heterocycles. The number of fused-ring (bicyclic) bond motifs is 3. The normalized spacial score (nSPS) is 19.0. The number of hydrogen-bond acceptors (Lipinski definition) is 7. The zero-order valence-electron chi connectivity index (χ0n) is 22.9. The van der Waals surface area contributed by atoms with E-state index in [2.05, 4.69) is 42.8 Å². The molecule has 0 aliphatic carbocycles. The van der Waals surface area contributed by atoms with Crippen LogP contribution < -0.4 is 10.3 Å². The standard InChI is InChI=1S/C29H33BrN6O4/c1-17-10-25-23(26-24(27(37)33-25)14-32-36(26)21-4-8-40-9-5-21)12-22(17)29(38)35-7-6-34(18(2)15-35)16-19-11-20(30)13-31-28(19)39-3/h10-14,18,21H,4-9,15-16H2,1-3H3,(H,33,37)/t18-/m0/s1. The molecule has 10 nitrogen and oxygen atoms in total. The van der Waals surface area contributed by atoms with Gasteiger partial charge in [-0.25, -0.2) is 4.98 Å². The van der Waals surface area contributed by atoms with Crippen LogP contribution in [0.1, 0.15) is 47.3 Å². The zero-order chi connectivity index (χ0) is 28.0. The van der Waals surface area contributed by atoms with Gasteiger partial charge in [-0.15, -0.1) is 0 Å². The van der Waals surface area contributed by atoms with Crippen LogP contribution in [-0.4, -0.2) is 81.5 Å². The summed E-state index contributed by atoms with van der Waals surface area (Å²) < 4.78 is 13.9. The molecule has 1 atom stereocenters. The fraction of sp³-hybridized carbons (Fsp3) is 0.448. The minimum Gasteiger partial charge on any atom is -0.481 e. The third-order valence-electron chi connectivity index (χ3n) is 8.19. The van der Waals surface area contributed by atoms with Crippen molar-refractivity contribution in [2.45, 2.75) is 45.3 Å².